The van der Waals surface area contributed by atoms with Crippen LogP contribution < -0.4 is 4.74 Å². The van der Waals surface area contributed by atoms with Gasteiger partial charge >= 0.3 is 0 Å². The van der Waals surface area contributed by atoms with E-state index >= 15 is 0 Å². The van der Waals surface area contributed by atoms with Gasteiger partial charge in [0.2, 0.25) is 0 Å². The number of methoxy groups -OCH3 is 1. The molecular weight excluding hydrogens is 254 g/mol. The summed E-state index contributed by atoms with van der Waals surface area (Å²) in [5.41, 5.74) is 1.19. The minimum Gasteiger partial charge on any atom is -0.497 e. The highest BCUT2D eigenvalue weighted by Crippen LogP contribution is 2.22. The molecule has 0 saturated heterocycles. The Balaban J connectivity index is 2.47. The molecule has 0 aliphatic carbocycles. The Morgan fingerprint density at radius 3 is 2.93 bits per heavy atom. The van der Waals surface area contributed by atoms with Crippen molar-refractivity contribution < 1.29 is 4.74 Å². The molecule has 0 fully saturated rings. The molecule has 1 aromatic carbocycles. The van der Waals surface area contributed by atoms with Gasteiger partial charge in [0.25, 0.3) is 0 Å². The molecule has 0 bridgehead atoms. The van der Waals surface area contributed by atoms with E-state index in [0.717, 1.165) is 16.8 Å². The van der Waals surface area contributed by atoms with Gasteiger partial charge in [-0.05, 0) is 24.3 Å². The number of halogens is 1. The van der Waals surface area contributed by atoms with Crippen molar-refractivity contribution in [3.8, 4) is 5.75 Å². The molecule has 0 radical (unpaired) electrons. The number of hydrogen-bond donors (Lipinski definition) is 0. The van der Waals surface area contributed by atoms with Gasteiger partial charge in [-0.2, -0.15) is 0 Å². The summed E-state index contributed by atoms with van der Waals surface area (Å²) in [5, 5.41) is 1.18. The molecule has 0 aliphatic heterocycles. The topological polar surface area (TPSA) is 14.2 Å². The highest BCUT2D eigenvalue weighted by atomic mass is 79.9. The third-order valence-electron chi connectivity index (χ3n) is 2.32. The lowest BCUT2D eigenvalue weighted by Crippen LogP contribution is -1.94. The van der Waals surface area contributed by atoms with E-state index in [4.69, 9.17) is 4.74 Å². The number of fused-ring (bicyclic) bond motifs is 1. The second kappa shape index (κ2) is 4.11. The predicted octanol–water partition coefficient (Wildman–Crippen LogP) is 3.56. The molecular formula is C12H12BrNO. The van der Waals surface area contributed by atoms with E-state index in [1.165, 1.54) is 10.9 Å². The largest absolute Gasteiger partial charge is 0.497 e. The Morgan fingerprint density at radius 1 is 1.47 bits per heavy atom. The van der Waals surface area contributed by atoms with Crippen LogP contribution in [0.3, 0.4) is 0 Å². The van der Waals surface area contributed by atoms with Crippen LogP contribution in [0.1, 0.15) is 0 Å². The van der Waals surface area contributed by atoms with Crippen molar-refractivity contribution in [1.82, 2.24) is 4.57 Å². The zero-order valence-corrected chi connectivity index (χ0v) is 10.1. The molecule has 0 aliphatic rings. The quantitative estimate of drug-likeness (QED) is 0.828. The highest BCUT2D eigenvalue weighted by Gasteiger charge is 2.02. The molecule has 2 aromatic rings. The first kappa shape index (κ1) is 10.3. The Bertz CT molecular complexity index is 501. The molecule has 3 heteroatoms. The Kier molecular flexibility index (Phi) is 2.82. The maximum atomic E-state index is 5.18. The summed E-state index contributed by atoms with van der Waals surface area (Å²) in [5.74, 6) is 0.887. The summed E-state index contributed by atoms with van der Waals surface area (Å²) in [6, 6.07) is 8.14. The molecule has 1 aromatic heterocycles. The van der Waals surface area contributed by atoms with Crippen LogP contribution in [0, 0.1) is 0 Å². The van der Waals surface area contributed by atoms with E-state index in [1.807, 2.05) is 12.1 Å². The summed E-state index contributed by atoms with van der Waals surface area (Å²) < 4.78 is 8.29. The Labute approximate surface area is 97.3 Å². The molecule has 15 heavy (non-hydrogen) atoms. The van der Waals surface area contributed by atoms with Crippen molar-refractivity contribution in [2.75, 3.05) is 7.11 Å². The van der Waals surface area contributed by atoms with Crippen molar-refractivity contribution in [1.29, 1.82) is 0 Å². The van der Waals surface area contributed by atoms with Crippen LogP contribution in [0.5, 0.6) is 5.75 Å². The molecule has 2 nitrogen and oxygen atoms in total. The zero-order chi connectivity index (χ0) is 10.8. The first-order chi connectivity index (χ1) is 7.20. The standard InChI is InChI=1S/C12H12BrNO/c1-9(13)8-14-6-5-10-7-11(15-2)3-4-12(10)14/h3-7H,1,8H2,2H3. The number of hydrogen-bond acceptors (Lipinski definition) is 1. The van der Waals surface area contributed by atoms with Gasteiger partial charge in [-0.3, -0.25) is 0 Å². The lowest BCUT2D eigenvalue weighted by atomic mass is 10.2. The van der Waals surface area contributed by atoms with Gasteiger partial charge in [-0.25, -0.2) is 0 Å². The van der Waals surface area contributed by atoms with Gasteiger partial charge in [-0.1, -0.05) is 22.5 Å². The fourth-order valence-corrected chi connectivity index (χ4v) is 1.90. The summed E-state index contributed by atoms with van der Waals surface area (Å²) in [4.78, 5) is 0. The van der Waals surface area contributed by atoms with Gasteiger partial charge < -0.3 is 9.30 Å². The third kappa shape index (κ3) is 2.07. The van der Waals surface area contributed by atoms with Crippen LogP contribution in [0.25, 0.3) is 10.9 Å². The smallest absolute Gasteiger partial charge is 0.119 e. The van der Waals surface area contributed by atoms with Gasteiger partial charge in [0.1, 0.15) is 5.75 Å². The summed E-state index contributed by atoms with van der Waals surface area (Å²) >= 11 is 3.37. The second-order valence-electron chi connectivity index (χ2n) is 3.39. The van der Waals surface area contributed by atoms with Crippen molar-refractivity contribution >= 4 is 26.8 Å². The van der Waals surface area contributed by atoms with E-state index in [2.05, 4.69) is 45.4 Å². The van der Waals surface area contributed by atoms with Crippen molar-refractivity contribution in [3.05, 3.63) is 41.5 Å². The lowest BCUT2D eigenvalue weighted by molar-refractivity contribution is 0.415. The number of aromatic nitrogens is 1. The van der Waals surface area contributed by atoms with Crippen LogP contribution in [-0.4, -0.2) is 11.7 Å². The Morgan fingerprint density at radius 2 is 2.27 bits per heavy atom. The molecule has 0 spiro atoms. The lowest BCUT2D eigenvalue weighted by Gasteiger charge is -2.04. The first-order valence-electron chi connectivity index (χ1n) is 4.67. The van der Waals surface area contributed by atoms with E-state index < -0.39 is 0 Å². The molecule has 2 rings (SSSR count). The summed E-state index contributed by atoms with van der Waals surface area (Å²) in [6.07, 6.45) is 2.05. The maximum absolute atomic E-state index is 5.18. The van der Waals surface area contributed by atoms with E-state index in [1.54, 1.807) is 7.11 Å². The molecule has 0 unspecified atom stereocenters. The molecule has 1 heterocycles. The number of benzene rings is 1. The van der Waals surface area contributed by atoms with E-state index in [0.29, 0.717) is 0 Å². The van der Waals surface area contributed by atoms with Crippen LogP contribution >= 0.6 is 15.9 Å². The van der Waals surface area contributed by atoms with Crippen LogP contribution in [0.15, 0.2) is 41.5 Å². The van der Waals surface area contributed by atoms with Crippen LogP contribution in [0.4, 0.5) is 0 Å². The molecule has 78 valence electrons. The fraction of sp³-hybridized carbons (Fsp3) is 0.167. The van der Waals surface area contributed by atoms with Crippen molar-refractivity contribution in [2.45, 2.75) is 6.54 Å². The van der Waals surface area contributed by atoms with Gasteiger partial charge in [-0.15, -0.1) is 0 Å². The van der Waals surface area contributed by atoms with E-state index in [9.17, 15) is 0 Å². The summed E-state index contributed by atoms with van der Waals surface area (Å²) in [7, 11) is 1.68. The van der Waals surface area contributed by atoms with Gasteiger partial charge in [0.15, 0.2) is 0 Å². The monoisotopic (exact) mass is 265 g/mol. The van der Waals surface area contributed by atoms with Crippen molar-refractivity contribution in [3.63, 3.8) is 0 Å². The average molecular weight is 266 g/mol. The van der Waals surface area contributed by atoms with E-state index in [-0.39, 0.29) is 0 Å². The molecule has 0 amide bonds. The molecule has 0 saturated carbocycles. The average Bonchev–Trinajstić information content (AvgIpc) is 2.60. The number of rotatable bonds is 3. The fourth-order valence-electron chi connectivity index (χ4n) is 1.63. The minimum absolute atomic E-state index is 0.788. The van der Waals surface area contributed by atoms with Crippen molar-refractivity contribution in [2.24, 2.45) is 0 Å². The Hall–Kier alpha value is -1.22. The number of ether oxygens (including phenoxy) is 1. The second-order valence-corrected chi connectivity index (χ2v) is 4.51. The minimum atomic E-state index is 0.788. The van der Waals surface area contributed by atoms with Gasteiger partial charge in [0, 0.05) is 21.6 Å². The predicted molar refractivity (Wildman–Crippen MR) is 66.6 cm³/mol. The normalized spacial score (nSPS) is 10.5. The van der Waals surface area contributed by atoms with Crippen LogP contribution in [-0.2, 0) is 6.54 Å². The number of nitrogens with zero attached hydrogens (tertiary/aromatic N) is 1. The number of allylic oxidation sites excluding steroid dienone is 1. The third-order valence-corrected chi connectivity index (χ3v) is 2.57. The highest BCUT2D eigenvalue weighted by molar-refractivity contribution is 9.11. The molecule has 0 atom stereocenters. The maximum Gasteiger partial charge on any atom is 0.119 e. The summed E-state index contributed by atoms with van der Waals surface area (Å²) in [6.45, 7) is 4.63. The first-order valence-corrected chi connectivity index (χ1v) is 5.46. The molecule has 0 N–H and O–H groups in total. The zero-order valence-electron chi connectivity index (χ0n) is 8.53. The van der Waals surface area contributed by atoms with Crippen LogP contribution in [0.2, 0.25) is 0 Å². The SMILES string of the molecule is C=C(Br)Cn1ccc2cc(OC)ccc21. The van der Waals surface area contributed by atoms with Gasteiger partial charge in [0.05, 0.1) is 13.7 Å².